The van der Waals surface area contributed by atoms with Gasteiger partial charge in [0, 0.05) is 87.4 Å². The molecule has 394 valence electrons. The van der Waals surface area contributed by atoms with Gasteiger partial charge in [-0.3, -0.25) is 14.3 Å². The summed E-state index contributed by atoms with van der Waals surface area (Å²) in [5, 5.41) is 20.0. The number of carbonyl (C=O) groups excluding carboxylic acids is 3. The third-order valence-electron chi connectivity index (χ3n) is 11.0. The van der Waals surface area contributed by atoms with Crippen molar-refractivity contribution in [2.75, 3.05) is 45.2 Å². The van der Waals surface area contributed by atoms with Crippen LogP contribution in [0.1, 0.15) is 162 Å². The maximum Gasteiger partial charge on any atom is 0.419 e. The molecule has 2 saturated heterocycles. The molecule has 0 spiro atoms. The predicted octanol–water partition coefficient (Wildman–Crippen LogP) is 10.1. The first-order valence-electron chi connectivity index (χ1n) is 25.4. The van der Waals surface area contributed by atoms with E-state index in [1.165, 1.54) is 49.2 Å². The van der Waals surface area contributed by atoms with Gasteiger partial charge < -0.3 is 30.2 Å². The predicted molar refractivity (Wildman–Crippen MR) is 278 cm³/mol. The lowest BCUT2D eigenvalue weighted by molar-refractivity contribution is -0.137. The molecule has 1 atom stereocenters. The standard InChI is InChI=1S/C23H34F3N7OS.C21H26N2O4.4C2H6/c1-22(2,34)15-32-14-16(12-28-32)20-19(23(24,25)26)13-27-21(30-20)29-17-8-10-33(11-9-17)35-31-18-6-4-3-5-7-18;1-22-21(26)20(5-2-14-24)18-8-6-17(7-9-18)4-3-15-27-19-10-12-23(16-25)13-11-19;4*1-2/h12-14,17-18,31,34H,3-11,15H2,1-2H3,(H,27,29,30);6-9,14,16,19-20H,2,5,10-13,15H2,1H3,(H,22,26);4*1-2H3. The molecule has 2 aliphatic heterocycles. The number of nitrogens with zero attached hydrogens (tertiary/aromatic N) is 6. The summed E-state index contributed by atoms with van der Waals surface area (Å²) in [6.45, 7) is 22.9. The third-order valence-corrected chi connectivity index (χ3v) is 12.1. The average molecular weight is 1000 g/mol. The quantitative estimate of drug-likeness (QED) is 0.0610. The number of piperidine rings is 2. The van der Waals surface area contributed by atoms with Gasteiger partial charge in [0.1, 0.15) is 18.5 Å². The molecule has 0 bridgehead atoms. The van der Waals surface area contributed by atoms with Crippen LogP contribution < -0.4 is 15.4 Å². The van der Waals surface area contributed by atoms with Crippen molar-refractivity contribution in [3.05, 3.63) is 59.5 Å². The van der Waals surface area contributed by atoms with E-state index in [4.69, 9.17) is 4.74 Å². The number of rotatable bonds is 16. The Morgan fingerprint density at radius 2 is 1.53 bits per heavy atom. The minimum atomic E-state index is -4.60. The number of alkyl halides is 3. The highest BCUT2D eigenvalue weighted by atomic mass is 32.2. The number of likely N-dealkylation sites (N-methyl/N-ethyl adjacent to an activating group) is 1. The molecular weight excluding hydrogens is 920 g/mol. The van der Waals surface area contributed by atoms with Gasteiger partial charge in [0.2, 0.25) is 18.3 Å². The number of nitrogens with one attached hydrogen (secondary N) is 3. The van der Waals surface area contributed by atoms with Crippen LogP contribution in [-0.2, 0) is 31.8 Å². The monoisotopic (exact) mass is 1000 g/mol. The summed E-state index contributed by atoms with van der Waals surface area (Å²) in [5.41, 5.74) is -0.225. The van der Waals surface area contributed by atoms with Gasteiger partial charge in [-0.05, 0) is 76.5 Å². The van der Waals surface area contributed by atoms with E-state index in [9.17, 15) is 32.7 Å². The van der Waals surface area contributed by atoms with Gasteiger partial charge >= 0.3 is 6.18 Å². The van der Waals surface area contributed by atoms with Crippen molar-refractivity contribution in [1.82, 2.24) is 39.0 Å². The van der Waals surface area contributed by atoms with Crippen molar-refractivity contribution in [1.29, 1.82) is 0 Å². The highest BCUT2D eigenvalue weighted by Gasteiger charge is 2.36. The van der Waals surface area contributed by atoms with Crippen LogP contribution >= 0.6 is 12.1 Å². The Balaban J connectivity index is 0.000000628. The number of hydrogen-bond acceptors (Lipinski definition) is 12. The van der Waals surface area contributed by atoms with Gasteiger partial charge in [-0.15, -0.1) is 0 Å². The zero-order valence-electron chi connectivity index (χ0n) is 43.8. The van der Waals surface area contributed by atoms with Gasteiger partial charge in [0.05, 0.1) is 36.1 Å². The molecule has 1 aromatic carbocycles. The first kappa shape index (κ1) is 63.5. The lowest BCUT2D eigenvalue weighted by Crippen LogP contribution is -2.39. The number of halogens is 3. The molecule has 14 nitrogen and oxygen atoms in total. The summed E-state index contributed by atoms with van der Waals surface area (Å²) in [5.74, 6) is 5.82. The maximum absolute atomic E-state index is 13.7. The fraction of sp³-hybridized carbons (Fsp3) is 0.654. The van der Waals surface area contributed by atoms with E-state index in [0.717, 1.165) is 81.9 Å². The average Bonchev–Trinajstić information content (AvgIpc) is 3.85. The molecule has 0 radical (unpaired) electrons. The van der Waals surface area contributed by atoms with Gasteiger partial charge in [-0.1, -0.05) is 98.6 Å². The molecule has 3 fully saturated rings. The zero-order valence-corrected chi connectivity index (χ0v) is 44.6. The Morgan fingerprint density at radius 1 is 0.900 bits per heavy atom. The van der Waals surface area contributed by atoms with E-state index < -0.39 is 17.3 Å². The van der Waals surface area contributed by atoms with E-state index in [1.54, 1.807) is 37.9 Å². The minimum Gasteiger partial charge on any atom is -0.389 e. The van der Waals surface area contributed by atoms with Crippen LogP contribution in [0.2, 0.25) is 0 Å². The SMILES string of the molecule is CC.CC.CC.CC.CC(C)(O)Cn1cc(-c2nc(NC3CCN(SNC4CCCCC4)CC3)ncc2C(F)(F)F)cn1.CNC(=O)C(CCC=O)c1ccc(C#CCOC2CCN(C=O)CC2)cc1. The van der Waals surface area contributed by atoms with Crippen LogP contribution in [0.5, 0.6) is 0 Å². The highest BCUT2D eigenvalue weighted by Crippen LogP contribution is 2.36. The molecule has 3 aromatic rings. The summed E-state index contributed by atoms with van der Waals surface area (Å²) < 4.78 is 54.1. The Labute approximate surface area is 421 Å². The number of ether oxygens (including phenoxy) is 1. The molecule has 1 unspecified atom stereocenters. The van der Waals surface area contributed by atoms with Crippen molar-refractivity contribution in [3.8, 4) is 23.1 Å². The van der Waals surface area contributed by atoms with Gasteiger partial charge in [-0.25, -0.2) is 19.0 Å². The molecule has 18 heteroatoms. The largest absolute Gasteiger partial charge is 0.419 e. The molecule has 70 heavy (non-hydrogen) atoms. The normalized spacial score (nSPS) is 15.9. The Bertz CT molecular complexity index is 1930. The Morgan fingerprint density at radius 3 is 2.09 bits per heavy atom. The molecule has 2 amide bonds. The molecule has 2 aromatic heterocycles. The van der Waals surface area contributed by atoms with Crippen LogP contribution in [0.15, 0.2) is 42.9 Å². The lowest BCUT2D eigenvalue weighted by Gasteiger charge is -2.33. The van der Waals surface area contributed by atoms with Gasteiger partial charge in [0.25, 0.3) is 0 Å². The molecule has 1 aliphatic carbocycles. The summed E-state index contributed by atoms with van der Waals surface area (Å²) in [4.78, 5) is 43.3. The van der Waals surface area contributed by atoms with Crippen molar-refractivity contribution >= 4 is 36.7 Å². The first-order valence-corrected chi connectivity index (χ1v) is 26.2. The number of aliphatic hydroxyl groups is 1. The van der Waals surface area contributed by atoms with Crippen LogP contribution in [0.4, 0.5) is 19.1 Å². The van der Waals surface area contributed by atoms with Gasteiger partial charge in [0.15, 0.2) is 0 Å². The summed E-state index contributed by atoms with van der Waals surface area (Å²) in [6.07, 6.45) is 11.5. The van der Waals surface area contributed by atoms with E-state index >= 15 is 0 Å². The number of carbonyl (C=O) groups is 3. The smallest absolute Gasteiger partial charge is 0.389 e. The number of amides is 2. The van der Waals surface area contributed by atoms with Crippen LogP contribution in [0.3, 0.4) is 0 Å². The second kappa shape index (κ2) is 35.5. The molecule has 6 rings (SSSR count). The van der Waals surface area contributed by atoms with Gasteiger partial charge in [-0.2, -0.15) is 18.3 Å². The molecule has 1 saturated carbocycles. The van der Waals surface area contributed by atoms with Crippen LogP contribution in [0.25, 0.3) is 11.3 Å². The zero-order chi connectivity index (χ0) is 52.5. The number of likely N-dealkylation sites (tertiary alicyclic amines) is 1. The Kier molecular flexibility index (Phi) is 32.2. The molecule has 4 heterocycles. The summed E-state index contributed by atoms with van der Waals surface area (Å²) in [6, 6.07) is 8.18. The summed E-state index contributed by atoms with van der Waals surface area (Å²) in [7, 11) is 1.60. The second-order valence-corrected chi connectivity index (χ2v) is 17.5. The maximum atomic E-state index is 13.7. The number of hydrogen-bond donors (Lipinski definition) is 4. The number of aromatic nitrogens is 4. The van der Waals surface area contributed by atoms with Crippen molar-refractivity contribution in [3.63, 3.8) is 0 Å². The number of aldehydes is 1. The van der Waals surface area contributed by atoms with Crippen LogP contribution in [0, 0.1) is 11.8 Å². The van der Waals surface area contributed by atoms with Crippen LogP contribution in [-0.4, -0.2) is 116 Å². The molecule has 4 N–H and O–H groups in total. The third kappa shape index (κ3) is 23.6. The van der Waals surface area contributed by atoms with E-state index in [1.807, 2.05) is 79.7 Å². The fourth-order valence-electron chi connectivity index (χ4n) is 7.59. The molecular formula is C52H84F3N9O5S. The minimum absolute atomic E-state index is 0.0871. The first-order chi connectivity index (χ1) is 33.7. The lowest BCUT2D eigenvalue weighted by atomic mass is 9.93. The second-order valence-electron chi connectivity index (χ2n) is 16.6. The Hall–Kier alpha value is -4.54. The molecule has 3 aliphatic rings. The van der Waals surface area contributed by atoms with E-state index in [2.05, 4.69) is 46.6 Å². The van der Waals surface area contributed by atoms with Crippen molar-refractivity contribution in [2.24, 2.45) is 0 Å². The van der Waals surface area contributed by atoms with E-state index in [0.29, 0.717) is 25.5 Å². The van der Waals surface area contributed by atoms with E-state index in [-0.39, 0.29) is 47.7 Å². The summed E-state index contributed by atoms with van der Waals surface area (Å²) >= 11 is 1.69. The topological polar surface area (TPSA) is 167 Å². The fourth-order valence-corrected chi connectivity index (χ4v) is 8.52. The van der Waals surface area contributed by atoms with Crippen molar-refractivity contribution in [2.45, 2.75) is 182 Å². The highest BCUT2D eigenvalue weighted by molar-refractivity contribution is 7.95. The number of benzene rings is 1. The number of anilines is 1. The van der Waals surface area contributed by atoms with Crippen molar-refractivity contribution < 1.29 is 37.4 Å².